The molecular formula is C18H21BrO2. The first-order chi connectivity index (χ1) is 10.2. The first-order valence-corrected chi connectivity index (χ1v) is 8.00. The minimum atomic E-state index is -0.391. The van der Waals surface area contributed by atoms with Crippen LogP contribution >= 0.6 is 15.9 Å². The zero-order valence-electron chi connectivity index (χ0n) is 12.4. The van der Waals surface area contributed by atoms with Gasteiger partial charge in [-0.15, -0.1) is 0 Å². The topological polar surface area (TPSA) is 29.5 Å². The van der Waals surface area contributed by atoms with E-state index in [1.165, 1.54) is 5.56 Å². The van der Waals surface area contributed by atoms with Crippen LogP contribution in [-0.2, 0) is 6.42 Å². The van der Waals surface area contributed by atoms with E-state index in [1.807, 2.05) is 36.4 Å². The van der Waals surface area contributed by atoms with Crippen LogP contribution in [0.2, 0.25) is 0 Å². The molecule has 0 spiro atoms. The Morgan fingerprint density at radius 2 is 1.86 bits per heavy atom. The van der Waals surface area contributed by atoms with Crippen LogP contribution in [0.3, 0.4) is 0 Å². The number of rotatable bonds is 6. The summed E-state index contributed by atoms with van der Waals surface area (Å²) in [5.74, 6) is 0.968. The van der Waals surface area contributed by atoms with Crippen molar-refractivity contribution < 1.29 is 9.84 Å². The van der Waals surface area contributed by atoms with E-state index in [9.17, 15) is 5.11 Å². The molecule has 0 fully saturated rings. The fourth-order valence-electron chi connectivity index (χ4n) is 2.65. The van der Waals surface area contributed by atoms with Crippen molar-refractivity contribution in [2.45, 2.75) is 31.8 Å². The number of halogens is 1. The summed E-state index contributed by atoms with van der Waals surface area (Å²) in [6.07, 6.45) is 1.16. The fourth-order valence-corrected chi connectivity index (χ4v) is 3.24. The highest BCUT2D eigenvalue weighted by Crippen LogP contribution is 2.29. The van der Waals surface area contributed by atoms with E-state index in [0.29, 0.717) is 6.42 Å². The molecule has 0 aliphatic heterocycles. The van der Waals surface area contributed by atoms with Crippen molar-refractivity contribution >= 4 is 15.9 Å². The zero-order valence-corrected chi connectivity index (χ0v) is 14.0. The lowest BCUT2D eigenvalue weighted by atomic mass is 9.88. The third kappa shape index (κ3) is 4.08. The van der Waals surface area contributed by atoms with Crippen LogP contribution in [0, 0.1) is 0 Å². The van der Waals surface area contributed by atoms with E-state index in [1.54, 1.807) is 7.11 Å². The molecule has 112 valence electrons. The normalized spacial score (nSPS) is 13.7. The van der Waals surface area contributed by atoms with Gasteiger partial charge in [-0.05, 0) is 52.0 Å². The number of aliphatic hydroxyl groups is 1. The largest absolute Gasteiger partial charge is 0.496 e. The molecule has 2 nitrogen and oxygen atoms in total. The van der Waals surface area contributed by atoms with Gasteiger partial charge in [0.2, 0.25) is 0 Å². The predicted octanol–water partition coefficient (Wildman–Crippen LogP) is 4.55. The summed E-state index contributed by atoms with van der Waals surface area (Å²) < 4.78 is 6.15. The quantitative estimate of drug-likeness (QED) is 0.829. The maximum Gasteiger partial charge on any atom is 0.133 e. The van der Waals surface area contributed by atoms with Gasteiger partial charge in [0.25, 0.3) is 0 Å². The Morgan fingerprint density at radius 1 is 1.14 bits per heavy atom. The Hall–Kier alpha value is -1.32. The second-order valence-corrected chi connectivity index (χ2v) is 6.02. The molecule has 2 aromatic carbocycles. The minimum Gasteiger partial charge on any atom is -0.496 e. The van der Waals surface area contributed by atoms with Gasteiger partial charge in [0.15, 0.2) is 0 Å². The van der Waals surface area contributed by atoms with E-state index in [-0.39, 0.29) is 5.92 Å². The first kappa shape index (κ1) is 16.1. The summed E-state index contributed by atoms with van der Waals surface area (Å²) in [7, 11) is 1.65. The van der Waals surface area contributed by atoms with E-state index >= 15 is 0 Å². The molecule has 0 amide bonds. The minimum absolute atomic E-state index is 0.159. The summed E-state index contributed by atoms with van der Waals surface area (Å²) in [6, 6.07) is 16.2. The maximum atomic E-state index is 10.6. The third-order valence-corrected chi connectivity index (χ3v) is 4.41. The van der Waals surface area contributed by atoms with E-state index < -0.39 is 6.10 Å². The van der Waals surface area contributed by atoms with Gasteiger partial charge < -0.3 is 9.84 Å². The summed E-state index contributed by atoms with van der Waals surface area (Å²) >= 11 is 3.49. The molecule has 0 aliphatic rings. The van der Waals surface area contributed by atoms with Gasteiger partial charge in [-0.2, -0.15) is 0 Å². The number of hydrogen-bond acceptors (Lipinski definition) is 2. The van der Waals surface area contributed by atoms with Crippen molar-refractivity contribution in [1.82, 2.24) is 0 Å². The Bertz CT molecular complexity index is 569. The van der Waals surface area contributed by atoms with E-state index in [0.717, 1.165) is 22.2 Å². The van der Waals surface area contributed by atoms with Crippen LogP contribution < -0.4 is 4.74 Å². The van der Waals surface area contributed by atoms with E-state index in [4.69, 9.17) is 4.74 Å². The van der Waals surface area contributed by atoms with Crippen molar-refractivity contribution in [2.75, 3.05) is 7.11 Å². The van der Waals surface area contributed by atoms with E-state index in [2.05, 4.69) is 35.0 Å². The molecule has 0 saturated carbocycles. The second-order valence-electron chi connectivity index (χ2n) is 5.17. The average molecular weight is 349 g/mol. The van der Waals surface area contributed by atoms with Crippen LogP contribution in [0.5, 0.6) is 5.75 Å². The first-order valence-electron chi connectivity index (χ1n) is 7.21. The van der Waals surface area contributed by atoms with Gasteiger partial charge in [-0.25, -0.2) is 0 Å². The number of aliphatic hydroxyl groups excluding tert-OH is 1. The Kier molecular flexibility index (Phi) is 5.83. The monoisotopic (exact) mass is 348 g/mol. The second kappa shape index (κ2) is 7.62. The molecule has 0 radical (unpaired) electrons. The third-order valence-electron chi connectivity index (χ3n) is 3.79. The molecule has 0 bridgehead atoms. The molecule has 0 aliphatic carbocycles. The molecule has 3 heteroatoms. The molecule has 2 aromatic rings. The van der Waals surface area contributed by atoms with Crippen molar-refractivity contribution in [3.63, 3.8) is 0 Å². The number of ether oxygens (including phenoxy) is 1. The van der Waals surface area contributed by atoms with Crippen molar-refractivity contribution in [3.05, 3.63) is 64.1 Å². The van der Waals surface area contributed by atoms with Gasteiger partial charge in [0.05, 0.1) is 17.7 Å². The molecule has 0 heterocycles. The highest BCUT2D eigenvalue weighted by molar-refractivity contribution is 9.10. The summed E-state index contributed by atoms with van der Waals surface area (Å²) in [6.45, 7) is 2.12. The summed E-state index contributed by atoms with van der Waals surface area (Å²) in [4.78, 5) is 0. The summed E-state index contributed by atoms with van der Waals surface area (Å²) in [5, 5.41) is 10.6. The smallest absolute Gasteiger partial charge is 0.133 e. The standard InChI is InChI=1S/C18H21BrO2/c1-3-15(14-7-5-4-6-8-14)17(20)12-13-9-10-18(21-2)16(19)11-13/h4-11,15,17,20H,3,12H2,1-2H3. The zero-order chi connectivity index (χ0) is 15.2. The molecule has 21 heavy (non-hydrogen) atoms. The lowest BCUT2D eigenvalue weighted by molar-refractivity contribution is 0.141. The maximum absolute atomic E-state index is 10.6. The van der Waals surface area contributed by atoms with Crippen molar-refractivity contribution in [2.24, 2.45) is 0 Å². The molecule has 0 aromatic heterocycles. The molecule has 2 rings (SSSR count). The highest BCUT2D eigenvalue weighted by atomic mass is 79.9. The Morgan fingerprint density at radius 3 is 2.43 bits per heavy atom. The van der Waals surface area contributed by atoms with Crippen LogP contribution in [0.15, 0.2) is 53.0 Å². The van der Waals surface area contributed by atoms with Crippen LogP contribution in [0.1, 0.15) is 30.4 Å². The molecule has 2 atom stereocenters. The number of methoxy groups -OCH3 is 1. The number of hydrogen-bond donors (Lipinski definition) is 1. The van der Waals surface area contributed by atoms with Gasteiger partial charge >= 0.3 is 0 Å². The van der Waals surface area contributed by atoms with Gasteiger partial charge in [0, 0.05) is 5.92 Å². The van der Waals surface area contributed by atoms with Crippen LogP contribution in [-0.4, -0.2) is 18.3 Å². The van der Waals surface area contributed by atoms with Gasteiger partial charge in [-0.1, -0.05) is 43.3 Å². The predicted molar refractivity (Wildman–Crippen MR) is 89.9 cm³/mol. The van der Waals surface area contributed by atoms with Crippen molar-refractivity contribution in [3.8, 4) is 5.75 Å². The Labute approximate surface area is 134 Å². The number of benzene rings is 2. The summed E-state index contributed by atoms with van der Waals surface area (Å²) in [5.41, 5.74) is 2.30. The Balaban J connectivity index is 2.12. The average Bonchev–Trinajstić information content (AvgIpc) is 2.49. The van der Waals surface area contributed by atoms with Gasteiger partial charge in [0.1, 0.15) is 5.75 Å². The molecule has 1 N–H and O–H groups in total. The lowest BCUT2D eigenvalue weighted by Crippen LogP contribution is -2.20. The lowest BCUT2D eigenvalue weighted by Gasteiger charge is -2.22. The highest BCUT2D eigenvalue weighted by Gasteiger charge is 2.19. The van der Waals surface area contributed by atoms with Crippen LogP contribution in [0.4, 0.5) is 0 Å². The fraction of sp³-hybridized carbons (Fsp3) is 0.333. The van der Waals surface area contributed by atoms with Gasteiger partial charge in [-0.3, -0.25) is 0 Å². The van der Waals surface area contributed by atoms with Crippen LogP contribution in [0.25, 0.3) is 0 Å². The molecule has 0 saturated heterocycles. The van der Waals surface area contributed by atoms with Crippen molar-refractivity contribution in [1.29, 1.82) is 0 Å². The SMILES string of the molecule is CCC(c1ccccc1)C(O)Cc1ccc(OC)c(Br)c1. The molecular weight excluding hydrogens is 328 g/mol. The molecule has 2 unspecified atom stereocenters.